The molecule has 2 aliphatic heterocycles. The number of rotatable bonds is 10. The molecule has 2 aromatic rings. The molecule has 1 N–H and O–H groups in total. The summed E-state index contributed by atoms with van der Waals surface area (Å²) < 4.78 is 16.6. The third kappa shape index (κ3) is 7.57. The Labute approximate surface area is 216 Å². The molecule has 0 aromatic heterocycles. The standard InChI is InChI=1S/C26H36N2O4.2ClH/c1-3-4-17-30-23-8-6-22(7-9-23)27(2)14-11-26(29)12-15-28(16-13-26)19-21-5-10-24-25(18-21)32-20-31-24;;/h5-10,18,29H,3-4,11-17,19-20H2,1-2H3;2*1H. The molecule has 0 amide bonds. The topological polar surface area (TPSA) is 54.4 Å². The van der Waals surface area contributed by atoms with Gasteiger partial charge in [0.2, 0.25) is 6.79 Å². The van der Waals surface area contributed by atoms with E-state index in [-0.39, 0.29) is 24.8 Å². The van der Waals surface area contributed by atoms with Crippen LogP contribution in [0.25, 0.3) is 0 Å². The van der Waals surface area contributed by atoms with Gasteiger partial charge in [0.25, 0.3) is 0 Å². The van der Waals surface area contributed by atoms with Gasteiger partial charge in [-0.2, -0.15) is 0 Å². The van der Waals surface area contributed by atoms with E-state index < -0.39 is 5.60 Å². The molecule has 4 rings (SSSR count). The van der Waals surface area contributed by atoms with Gasteiger partial charge in [-0.3, -0.25) is 4.90 Å². The largest absolute Gasteiger partial charge is 0.494 e. The summed E-state index contributed by atoms with van der Waals surface area (Å²) in [7, 11) is 2.09. The second-order valence-corrected chi connectivity index (χ2v) is 9.06. The molecule has 34 heavy (non-hydrogen) atoms. The fourth-order valence-electron chi connectivity index (χ4n) is 4.31. The highest BCUT2D eigenvalue weighted by Gasteiger charge is 2.32. The molecule has 8 heteroatoms. The maximum Gasteiger partial charge on any atom is 0.231 e. The number of halogens is 2. The molecule has 6 nitrogen and oxygen atoms in total. The zero-order chi connectivity index (χ0) is 22.4. The van der Waals surface area contributed by atoms with E-state index in [2.05, 4.69) is 48.0 Å². The quantitative estimate of drug-likeness (QED) is 0.436. The number of aliphatic hydroxyl groups is 1. The van der Waals surface area contributed by atoms with Gasteiger partial charge in [0.05, 0.1) is 12.2 Å². The SMILES string of the molecule is CCCCOc1ccc(N(C)CCC2(O)CCN(Cc3ccc4c(c3)OCO4)CC2)cc1.Cl.Cl. The van der Waals surface area contributed by atoms with Crippen LogP contribution in [0.15, 0.2) is 42.5 Å². The molecule has 0 bridgehead atoms. The Kier molecular flexibility index (Phi) is 11.1. The molecule has 0 spiro atoms. The zero-order valence-electron chi connectivity index (χ0n) is 20.2. The van der Waals surface area contributed by atoms with Gasteiger partial charge in [0.1, 0.15) is 5.75 Å². The lowest BCUT2D eigenvalue weighted by Gasteiger charge is -2.39. The van der Waals surface area contributed by atoms with Gasteiger partial charge in [-0.1, -0.05) is 19.4 Å². The molecule has 2 aliphatic rings. The number of likely N-dealkylation sites (tertiary alicyclic amines) is 1. The lowest BCUT2D eigenvalue weighted by atomic mass is 9.88. The maximum atomic E-state index is 11.1. The molecule has 0 radical (unpaired) electrons. The number of ether oxygens (including phenoxy) is 3. The van der Waals surface area contributed by atoms with Crippen LogP contribution in [0.5, 0.6) is 17.2 Å². The Bertz CT molecular complexity index is 874. The highest BCUT2D eigenvalue weighted by molar-refractivity contribution is 5.85. The Morgan fingerprint density at radius 1 is 1.03 bits per heavy atom. The summed E-state index contributed by atoms with van der Waals surface area (Å²) in [5.74, 6) is 2.58. The average Bonchev–Trinajstić information content (AvgIpc) is 3.28. The molecule has 190 valence electrons. The number of nitrogens with zero attached hydrogens (tertiary/aromatic N) is 2. The van der Waals surface area contributed by atoms with Crippen molar-refractivity contribution < 1.29 is 19.3 Å². The molecule has 0 saturated carbocycles. The highest BCUT2D eigenvalue weighted by atomic mass is 35.5. The van der Waals surface area contributed by atoms with Gasteiger partial charge < -0.3 is 24.2 Å². The Morgan fingerprint density at radius 2 is 1.74 bits per heavy atom. The van der Waals surface area contributed by atoms with Crippen molar-refractivity contribution in [3.63, 3.8) is 0 Å². The highest BCUT2D eigenvalue weighted by Crippen LogP contribution is 2.34. The van der Waals surface area contributed by atoms with Crippen LogP contribution in [-0.2, 0) is 6.54 Å². The van der Waals surface area contributed by atoms with Crippen LogP contribution in [-0.4, -0.2) is 55.7 Å². The molecular formula is C26H38Cl2N2O4. The van der Waals surface area contributed by atoms with Gasteiger partial charge in [0, 0.05) is 38.9 Å². The monoisotopic (exact) mass is 512 g/mol. The summed E-state index contributed by atoms with van der Waals surface area (Å²) in [5, 5.41) is 11.1. The minimum absolute atomic E-state index is 0. The van der Waals surface area contributed by atoms with Crippen LogP contribution < -0.4 is 19.1 Å². The van der Waals surface area contributed by atoms with E-state index in [0.29, 0.717) is 6.79 Å². The molecule has 0 atom stereocenters. The molecule has 1 fully saturated rings. The second-order valence-electron chi connectivity index (χ2n) is 9.06. The lowest BCUT2D eigenvalue weighted by Crippen LogP contribution is -2.45. The van der Waals surface area contributed by atoms with Crippen LogP contribution in [0.2, 0.25) is 0 Å². The molecule has 2 aromatic carbocycles. The number of hydrogen-bond donors (Lipinski definition) is 1. The van der Waals surface area contributed by atoms with Crippen molar-refractivity contribution in [2.24, 2.45) is 0 Å². The third-order valence-corrected chi connectivity index (χ3v) is 6.59. The first-order valence-electron chi connectivity index (χ1n) is 11.8. The van der Waals surface area contributed by atoms with Crippen LogP contribution in [0.1, 0.15) is 44.6 Å². The number of anilines is 1. The lowest BCUT2D eigenvalue weighted by molar-refractivity contribution is -0.0275. The Balaban J connectivity index is 0.00000204. The minimum atomic E-state index is -0.594. The Hall–Kier alpha value is -1.86. The predicted molar refractivity (Wildman–Crippen MR) is 141 cm³/mol. The van der Waals surface area contributed by atoms with Crippen molar-refractivity contribution in [2.75, 3.05) is 45.0 Å². The molecular weight excluding hydrogens is 475 g/mol. The van der Waals surface area contributed by atoms with E-state index in [9.17, 15) is 5.11 Å². The van der Waals surface area contributed by atoms with E-state index in [0.717, 1.165) is 87.8 Å². The third-order valence-electron chi connectivity index (χ3n) is 6.59. The van der Waals surface area contributed by atoms with Crippen molar-refractivity contribution in [1.82, 2.24) is 4.90 Å². The number of fused-ring (bicyclic) bond motifs is 1. The summed E-state index contributed by atoms with van der Waals surface area (Å²) in [5.41, 5.74) is 1.78. The van der Waals surface area contributed by atoms with Crippen molar-refractivity contribution in [2.45, 2.75) is 51.2 Å². The van der Waals surface area contributed by atoms with Gasteiger partial charge in [-0.15, -0.1) is 24.8 Å². The van der Waals surface area contributed by atoms with E-state index >= 15 is 0 Å². The first-order valence-corrected chi connectivity index (χ1v) is 11.8. The van der Waals surface area contributed by atoms with Gasteiger partial charge in [0.15, 0.2) is 11.5 Å². The van der Waals surface area contributed by atoms with E-state index in [1.165, 1.54) is 5.56 Å². The van der Waals surface area contributed by atoms with Crippen LogP contribution >= 0.6 is 24.8 Å². The minimum Gasteiger partial charge on any atom is -0.494 e. The smallest absolute Gasteiger partial charge is 0.231 e. The zero-order valence-corrected chi connectivity index (χ0v) is 21.8. The van der Waals surface area contributed by atoms with E-state index in [1.807, 2.05) is 18.2 Å². The van der Waals surface area contributed by atoms with Crippen molar-refractivity contribution in [3.05, 3.63) is 48.0 Å². The van der Waals surface area contributed by atoms with Gasteiger partial charge >= 0.3 is 0 Å². The molecule has 0 unspecified atom stereocenters. The van der Waals surface area contributed by atoms with Crippen molar-refractivity contribution >= 4 is 30.5 Å². The summed E-state index contributed by atoms with van der Waals surface area (Å²) in [6.07, 6.45) is 4.59. The first-order chi connectivity index (χ1) is 15.5. The maximum absolute atomic E-state index is 11.1. The molecule has 1 saturated heterocycles. The average molecular weight is 514 g/mol. The summed E-state index contributed by atoms with van der Waals surface area (Å²) in [6, 6.07) is 14.4. The van der Waals surface area contributed by atoms with Crippen LogP contribution in [0.3, 0.4) is 0 Å². The summed E-state index contributed by atoms with van der Waals surface area (Å²) in [6.45, 7) is 6.74. The van der Waals surface area contributed by atoms with Gasteiger partial charge in [-0.05, 0) is 67.6 Å². The van der Waals surface area contributed by atoms with Crippen LogP contribution in [0.4, 0.5) is 5.69 Å². The van der Waals surface area contributed by atoms with Gasteiger partial charge in [-0.25, -0.2) is 0 Å². The van der Waals surface area contributed by atoms with E-state index in [1.54, 1.807) is 0 Å². The second kappa shape index (κ2) is 13.3. The molecule has 2 heterocycles. The Morgan fingerprint density at radius 3 is 2.44 bits per heavy atom. The predicted octanol–water partition coefficient (Wildman–Crippen LogP) is 5.29. The summed E-state index contributed by atoms with van der Waals surface area (Å²) in [4.78, 5) is 4.62. The number of unbranched alkanes of at least 4 members (excludes halogenated alkanes) is 1. The van der Waals surface area contributed by atoms with Crippen molar-refractivity contribution in [3.8, 4) is 17.2 Å². The van der Waals surface area contributed by atoms with Crippen LogP contribution in [0, 0.1) is 0 Å². The number of benzene rings is 2. The summed E-state index contributed by atoms with van der Waals surface area (Å²) >= 11 is 0. The number of hydrogen-bond acceptors (Lipinski definition) is 6. The first kappa shape index (κ1) is 28.4. The van der Waals surface area contributed by atoms with Crippen molar-refractivity contribution in [1.29, 1.82) is 0 Å². The van der Waals surface area contributed by atoms with E-state index in [4.69, 9.17) is 14.2 Å². The fraction of sp³-hybridized carbons (Fsp3) is 0.538. The normalized spacial score (nSPS) is 16.3. The fourth-order valence-corrected chi connectivity index (χ4v) is 4.31. The number of piperidine rings is 1. The molecule has 0 aliphatic carbocycles.